The van der Waals surface area contributed by atoms with Crippen LogP contribution in [0.3, 0.4) is 0 Å². The van der Waals surface area contributed by atoms with Gasteiger partial charge in [-0.2, -0.15) is 5.10 Å². The number of para-hydroxylation sites is 2. The van der Waals surface area contributed by atoms with Crippen molar-refractivity contribution in [1.29, 1.82) is 0 Å². The van der Waals surface area contributed by atoms with Crippen LogP contribution in [0.2, 0.25) is 0 Å². The Morgan fingerprint density at radius 3 is 2.74 bits per heavy atom. The molecule has 0 aliphatic carbocycles. The molecule has 0 bridgehead atoms. The van der Waals surface area contributed by atoms with E-state index in [1.54, 1.807) is 11.1 Å². The van der Waals surface area contributed by atoms with E-state index in [1.807, 2.05) is 41.2 Å². The van der Waals surface area contributed by atoms with Gasteiger partial charge in [0, 0.05) is 36.6 Å². The van der Waals surface area contributed by atoms with E-state index in [9.17, 15) is 15.0 Å². The highest BCUT2D eigenvalue weighted by atomic mass is 16.3. The van der Waals surface area contributed by atoms with Crippen molar-refractivity contribution in [3.05, 3.63) is 48.4 Å². The Balaban J connectivity index is 1.43. The predicted octanol–water partition coefficient (Wildman–Crippen LogP) is 2.37. The lowest BCUT2D eigenvalue weighted by molar-refractivity contribution is -0.140. The molecule has 1 amide bonds. The van der Waals surface area contributed by atoms with Crippen LogP contribution < -0.4 is 5.73 Å². The second kappa shape index (κ2) is 8.88. The number of amides is 1. The number of carbonyl (C=O) groups is 1. The fourth-order valence-corrected chi connectivity index (χ4v) is 4.37. The maximum Gasteiger partial charge on any atom is 0.251 e. The van der Waals surface area contributed by atoms with Crippen LogP contribution in [0, 0.1) is 0 Å². The number of likely N-dealkylation sites (tertiary alicyclic amines) is 1. The molecular weight excluding hydrogens is 436 g/mol. The molecule has 4 heterocycles. The lowest BCUT2D eigenvalue weighted by Gasteiger charge is -2.32. The molecule has 1 aliphatic rings. The Hall–Kier alpha value is -3.76. The summed E-state index contributed by atoms with van der Waals surface area (Å²) in [7, 11) is 0. The molecule has 1 atom stereocenters. The lowest BCUT2D eigenvalue weighted by Crippen LogP contribution is -2.43. The molecule has 1 aromatic carbocycles. The first-order chi connectivity index (χ1) is 16.4. The molecular formula is C24H26N6O4. The smallest absolute Gasteiger partial charge is 0.251 e. The summed E-state index contributed by atoms with van der Waals surface area (Å²) in [5, 5.41) is 24.1. The molecule has 0 spiro atoms. The highest BCUT2D eigenvalue weighted by molar-refractivity contribution is 5.81. The molecule has 10 heteroatoms. The largest absolute Gasteiger partial charge is 0.436 e. The van der Waals surface area contributed by atoms with Gasteiger partial charge in [-0.1, -0.05) is 12.1 Å². The van der Waals surface area contributed by atoms with Crippen LogP contribution in [0.1, 0.15) is 31.5 Å². The summed E-state index contributed by atoms with van der Waals surface area (Å²) in [6.07, 6.45) is 3.96. The topological polar surface area (TPSA) is 144 Å². The van der Waals surface area contributed by atoms with Crippen molar-refractivity contribution >= 4 is 22.8 Å². The van der Waals surface area contributed by atoms with Crippen molar-refractivity contribution in [3.63, 3.8) is 0 Å². The second-order valence-electron chi connectivity index (χ2n) is 8.50. The van der Waals surface area contributed by atoms with E-state index in [2.05, 4.69) is 15.1 Å². The zero-order chi connectivity index (χ0) is 23.8. The van der Waals surface area contributed by atoms with Crippen molar-refractivity contribution in [2.24, 2.45) is 0 Å². The van der Waals surface area contributed by atoms with Crippen molar-refractivity contribution < 1.29 is 19.4 Å². The third-order valence-corrected chi connectivity index (χ3v) is 6.22. The summed E-state index contributed by atoms with van der Waals surface area (Å²) >= 11 is 0. The standard InChI is InChI=1S/C24H26N6O4/c1-14(32)24(33)29-8-6-16(7-9-29)30-12-18(20(13-31)28-30)15-10-17(22(25)26-11-15)23-27-19-4-2-3-5-21(19)34-23/h2-5,10-12,14,16,31-32H,6-9,13H2,1H3,(H2,25,26)/t14-/m0/s1. The highest BCUT2D eigenvalue weighted by Gasteiger charge is 2.27. The lowest BCUT2D eigenvalue weighted by atomic mass is 10.0. The van der Waals surface area contributed by atoms with Gasteiger partial charge in [-0.3, -0.25) is 9.48 Å². The number of aliphatic hydroxyl groups excluding tert-OH is 2. The first kappa shape index (κ1) is 22.1. The molecule has 1 saturated heterocycles. The van der Waals surface area contributed by atoms with E-state index < -0.39 is 6.10 Å². The van der Waals surface area contributed by atoms with Gasteiger partial charge >= 0.3 is 0 Å². The van der Waals surface area contributed by atoms with Crippen LogP contribution >= 0.6 is 0 Å². The van der Waals surface area contributed by atoms with E-state index in [0.29, 0.717) is 54.5 Å². The maximum absolute atomic E-state index is 12.1. The number of nitrogen functional groups attached to an aromatic ring is 1. The summed E-state index contributed by atoms with van der Waals surface area (Å²) in [5.74, 6) is 0.417. The summed E-state index contributed by atoms with van der Waals surface area (Å²) < 4.78 is 7.73. The molecule has 0 radical (unpaired) electrons. The quantitative estimate of drug-likeness (QED) is 0.410. The highest BCUT2D eigenvalue weighted by Crippen LogP contribution is 2.33. The first-order valence-corrected chi connectivity index (χ1v) is 11.2. The van der Waals surface area contributed by atoms with Crippen molar-refractivity contribution in [1.82, 2.24) is 24.6 Å². The molecule has 5 rings (SSSR count). The molecule has 0 saturated carbocycles. The Bertz CT molecular complexity index is 1300. The summed E-state index contributed by atoms with van der Waals surface area (Å²) in [6.45, 7) is 2.34. The van der Waals surface area contributed by atoms with Gasteiger partial charge in [-0.05, 0) is 38.0 Å². The van der Waals surface area contributed by atoms with Gasteiger partial charge in [0.1, 0.15) is 17.4 Å². The van der Waals surface area contributed by atoms with Crippen molar-refractivity contribution in [2.75, 3.05) is 18.8 Å². The van der Waals surface area contributed by atoms with Crippen LogP contribution in [-0.4, -0.2) is 60.0 Å². The summed E-state index contributed by atoms with van der Waals surface area (Å²) in [5.41, 5.74) is 10.1. The normalized spacial score (nSPS) is 15.7. The number of nitrogens with two attached hydrogens (primary N) is 1. The summed E-state index contributed by atoms with van der Waals surface area (Å²) in [4.78, 5) is 22.6. The predicted molar refractivity (Wildman–Crippen MR) is 125 cm³/mol. The van der Waals surface area contributed by atoms with E-state index >= 15 is 0 Å². The Kier molecular flexibility index (Phi) is 5.76. The number of piperidine rings is 1. The van der Waals surface area contributed by atoms with E-state index in [1.165, 1.54) is 6.92 Å². The van der Waals surface area contributed by atoms with Crippen LogP contribution in [0.5, 0.6) is 0 Å². The number of anilines is 1. The molecule has 1 fully saturated rings. The minimum atomic E-state index is -0.998. The zero-order valence-electron chi connectivity index (χ0n) is 18.8. The molecule has 1 aliphatic heterocycles. The van der Waals surface area contributed by atoms with E-state index in [0.717, 1.165) is 16.6 Å². The average molecular weight is 463 g/mol. The van der Waals surface area contributed by atoms with Gasteiger partial charge in [0.25, 0.3) is 5.91 Å². The second-order valence-corrected chi connectivity index (χ2v) is 8.50. The number of hydrogen-bond acceptors (Lipinski definition) is 8. The fraction of sp³-hybridized carbons (Fsp3) is 0.333. The van der Waals surface area contributed by atoms with Gasteiger partial charge in [-0.15, -0.1) is 0 Å². The average Bonchev–Trinajstić information content (AvgIpc) is 3.48. The minimum absolute atomic E-state index is 0.0790. The zero-order valence-corrected chi connectivity index (χ0v) is 18.8. The molecule has 176 valence electrons. The molecule has 10 nitrogen and oxygen atoms in total. The molecule has 4 N–H and O–H groups in total. The monoisotopic (exact) mass is 462 g/mol. The van der Waals surface area contributed by atoms with Gasteiger partial charge in [0.15, 0.2) is 5.58 Å². The van der Waals surface area contributed by atoms with Gasteiger partial charge in [0.05, 0.1) is 23.9 Å². The Morgan fingerprint density at radius 2 is 2.03 bits per heavy atom. The molecule has 34 heavy (non-hydrogen) atoms. The number of pyridine rings is 1. The number of carbonyl (C=O) groups excluding carboxylic acids is 1. The third kappa shape index (κ3) is 4.02. The maximum atomic E-state index is 12.1. The summed E-state index contributed by atoms with van der Waals surface area (Å²) in [6, 6.07) is 9.39. The number of fused-ring (bicyclic) bond motifs is 1. The SMILES string of the molecule is C[C@H](O)C(=O)N1CCC(n2cc(-c3cnc(N)c(-c4nc5ccccc5o4)c3)c(CO)n2)CC1. The number of hydrogen-bond donors (Lipinski definition) is 3. The third-order valence-electron chi connectivity index (χ3n) is 6.22. The minimum Gasteiger partial charge on any atom is -0.436 e. The Morgan fingerprint density at radius 1 is 1.26 bits per heavy atom. The number of oxazole rings is 1. The van der Waals surface area contributed by atoms with E-state index in [-0.39, 0.29) is 18.6 Å². The van der Waals surface area contributed by atoms with Crippen LogP contribution in [0.15, 0.2) is 47.1 Å². The van der Waals surface area contributed by atoms with Gasteiger partial charge in [-0.25, -0.2) is 9.97 Å². The van der Waals surface area contributed by atoms with Crippen LogP contribution in [0.25, 0.3) is 33.7 Å². The molecule has 3 aromatic heterocycles. The van der Waals surface area contributed by atoms with Crippen LogP contribution in [0.4, 0.5) is 5.82 Å². The van der Waals surface area contributed by atoms with Crippen molar-refractivity contribution in [2.45, 2.75) is 38.5 Å². The molecule has 4 aromatic rings. The van der Waals surface area contributed by atoms with Gasteiger partial charge < -0.3 is 25.3 Å². The number of aromatic nitrogens is 4. The fourth-order valence-electron chi connectivity index (χ4n) is 4.37. The first-order valence-electron chi connectivity index (χ1n) is 11.2. The number of aliphatic hydroxyl groups is 2. The molecule has 0 unspecified atom stereocenters. The Labute approximate surface area is 195 Å². The van der Waals surface area contributed by atoms with Crippen molar-refractivity contribution in [3.8, 4) is 22.6 Å². The van der Waals surface area contributed by atoms with Gasteiger partial charge in [0.2, 0.25) is 5.89 Å². The van der Waals surface area contributed by atoms with E-state index in [4.69, 9.17) is 10.2 Å². The van der Waals surface area contributed by atoms with Crippen LogP contribution in [-0.2, 0) is 11.4 Å². The number of rotatable bonds is 5. The number of benzene rings is 1. The number of nitrogens with zero attached hydrogens (tertiary/aromatic N) is 5.